The lowest BCUT2D eigenvalue weighted by atomic mass is 10.2. The molecule has 0 spiro atoms. The number of aromatic nitrogens is 1. The van der Waals surface area contributed by atoms with Crippen molar-refractivity contribution in [3.8, 4) is 0 Å². The SMILES string of the molecule is C(=C/c1ccco1)/C=N/Nc1ccc2ccccc2n1. The van der Waals surface area contributed by atoms with Crippen LogP contribution in [0.2, 0.25) is 0 Å². The first-order chi connectivity index (χ1) is 9.92. The van der Waals surface area contributed by atoms with E-state index in [0.717, 1.165) is 16.7 Å². The first kappa shape index (κ1) is 12.2. The number of hydrogen-bond acceptors (Lipinski definition) is 4. The minimum absolute atomic E-state index is 0.714. The number of para-hydroxylation sites is 1. The molecule has 1 aromatic carbocycles. The van der Waals surface area contributed by atoms with Gasteiger partial charge in [0.05, 0.1) is 11.8 Å². The number of allylic oxidation sites excluding steroid dienone is 1. The van der Waals surface area contributed by atoms with Crippen LogP contribution in [0.25, 0.3) is 17.0 Å². The van der Waals surface area contributed by atoms with Crippen LogP contribution in [0.4, 0.5) is 5.82 Å². The molecule has 4 heteroatoms. The number of furan rings is 1. The van der Waals surface area contributed by atoms with Gasteiger partial charge in [-0.3, -0.25) is 5.43 Å². The van der Waals surface area contributed by atoms with Crippen LogP contribution in [0, 0.1) is 0 Å². The van der Waals surface area contributed by atoms with E-state index in [1.807, 2.05) is 54.6 Å². The van der Waals surface area contributed by atoms with E-state index in [1.54, 1.807) is 18.6 Å². The summed E-state index contributed by atoms with van der Waals surface area (Å²) in [5.74, 6) is 1.51. The van der Waals surface area contributed by atoms with Crippen LogP contribution in [-0.4, -0.2) is 11.2 Å². The second-order valence-electron chi connectivity index (χ2n) is 4.15. The molecule has 0 aliphatic rings. The molecule has 0 aliphatic heterocycles. The van der Waals surface area contributed by atoms with Gasteiger partial charge in [0.15, 0.2) is 0 Å². The fourth-order valence-electron chi connectivity index (χ4n) is 1.80. The lowest BCUT2D eigenvalue weighted by Crippen LogP contribution is -1.92. The number of pyridine rings is 1. The molecular formula is C16H13N3O. The molecule has 2 aromatic heterocycles. The third-order valence-corrected chi connectivity index (χ3v) is 2.74. The summed E-state index contributed by atoms with van der Waals surface area (Å²) < 4.78 is 5.17. The molecule has 0 amide bonds. The van der Waals surface area contributed by atoms with E-state index in [0.29, 0.717) is 5.82 Å². The van der Waals surface area contributed by atoms with Crippen LogP contribution in [0.15, 0.2) is 70.4 Å². The predicted molar refractivity (Wildman–Crippen MR) is 81.6 cm³/mol. The van der Waals surface area contributed by atoms with Crippen molar-refractivity contribution in [1.29, 1.82) is 0 Å². The molecule has 98 valence electrons. The van der Waals surface area contributed by atoms with Crippen LogP contribution in [0.3, 0.4) is 0 Å². The third kappa shape index (κ3) is 2.92. The highest BCUT2D eigenvalue weighted by Crippen LogP contribution is 2.14. The molecule has 3 rings (SSSR count). The summed E-state index contributed by atoms with van der Waals surface area (Å²) >= 11 is 0. The summed E-state index contributed by atoms with van der Waals surface area (Å²) in [5.41, 5.74) is 3.84. The average Bonchev–Trinajstić information content (AvgIpc) is 3.00. The molecular weight excluding hydrogens is 250 g/mol. The van der Waals surface area contributed by atoms with E-state index >= 15 is 0 Å². The Morgan fingerprint density at radius 1 is 1.05 bits per heavy atom. The smallest absolute Gasteiger partial charge is 0.146 e. The highest BCUT2D eigenvalue weighted by Gasteiger charge is 1.95. The summed E-state index contributed by atoms with van der Waals surface area (Å²) in [7, 11) is 0. The Morgan fingerprint density at radius 2 is 2.00 bits per heavy atom. The van der Waals surface area contributed by atoms with Crippen molar-refractivity contribution in [3.63, 3.8) is 0 Å². The topological polar surface area (TPSA) is 50.4 Å². The Balaban J connectivity index is 1.64. The maximum atomic E-state index is 5.17. The molecule has 3 aromatic rings. The second kappa shape index (κ2) is 5.84. The molecule has 0 saturated heterocycles. The van der Waals surface area contributed by atoms with Crippen molar-refractivity contribution in [2.45, 2.75) is 0 Å². The molecule has 0 radical (unpaired) electrons. The van der Waals surface area contributed by atoms with Gasteiger partial charge in [0, 0.05) is 11.6 Å². The Labute approximate surface area is 116 Å². The van der Waals surface area contributed by atoms with Crippen molar-refractivity contribution in [2.75, 3.05) is 5.43 Å². The number of hydrazone groups is 1. The van der Waals surface area contributed by atoms with Crippen LogP contribution < -0.4 is 5.43 Å². The lowest BCUT2D eigenvalue weighted by Gasteiger charge is -2.00. The van der Waals surface area contributed by atoms with Crippen molar-refractivity contribution in [1.82, 2.24) is 4.98 Å². The molecule has 0 aliphatic carbocycles. The number of nitrogens with one attached hydrogen (secondary N) is 1. The fraction of sp³-hybridized carbons (Fsp3) is 0. The van der Waals surface area contributed by atoms with Gasteiger partial charge < -0.3 is 4.42 Å². The maximum Gasteiger partial charge on any atom is 0.146 e. The van der Waals surface area contributed by atoms with Gasteiger partial charge in [-0.05, 0) is 42.5 Å². The van der Waals surface area contributed by atoms with Crippen molar-refractivity contribution in [2.24, 2.45) is 5.10 Å². The summed E-state index contributed by atoms with van der Waals surface area (Å²) in [6.45, 7) is 0. The predicted octanol–water partition coefficient (Wildman–Crippen LogP) is 3.94. The molecule has 0 saturated carbocycles. The number of hydrogen-bond donors (Lipinski definition) is 1. The minimum atomic E-state index is 0.714. The molecule has 20 heavy (non-hydrogen) atoms. The number of benzene rings is 1. The highest BCUT2D eigenvalue weighted by atomic mass is 16.3. The average molecular weight is 263 g/mol. The van der Waals surface area contributed by atoms with Gasteiger partial charge in [-0.25, -0.2) is 4.98 Å². The van der Waals surface area contributed by atoms with Gasteiger partial charge in [0.2, 0.25) is 0 Å². The summed E-state index contributed by atoms with van der Waals surface area (Å²) in [6.07, 6.45) is 6.92. The van der Waals surface area contributed by atoms with Crippen molar-refractivity contribution >= 4 is 29.0 Å². The monoisotopic (exact) mass is 263 g/mol. The summed E-state index contributed by atoms with van der Waals surface area (Å²) in [4.78, 5) is 4.46. The van der Waals surface area contributed by atoms with E-state index in [9.17, 15) is 0 Å². The lowest BCUT2D eigenvalue weighted by molar-refractivity contribution is 0.557. The van der Waals surface area contributed by atoms with Crippen LogP contribution in [-0.2, 0) is 0 Å². The number of nitrogens with zero attached hydrogens (tertiary/aromatic N) is 2. The maximum absolute atomic E-state index is 5.17. The van der Waals surface area contributed by atoms with Gasteiger partial charge >= 0.3 is 0 Å². The molecule has 1 N–H and O–H groups in total. The molecule has 0 fully saturated rings. The normalized spacial score (nSPS) is 11.6. The van der Waals surface area contributed by atoms with Gasteiger partial charge in [-0.15, -0.1) is 0 Å². The molecule has 0 bridgehead atoms. The summed E-state index contributed by atoms with van der Waals surface area (Å²) in [5, 5.41) is 5.19. The van der Waals surface area contributed by atoms with E-state index in [2.05, 4.69) is 15.5 Å². The third-order valence-electron chi connectivity index (χ3n) is 2.74. The minimum Gasteiger partial charge on any atom is -0.465 e. The molecule has 2 heterocycles. The fourth-order valence-corrected chi connectivity index (χ4v) is 1.80. The van der Waals surface area contributed by atoms with E-state index < -0.39 is 0 Å². The first-order valence-electron chi connectivity index (χ1n) is 6.27. The Bertz CT molecular complexity index is 745. The van der Waals surface area contributed by atoms with Crippen molar-refractivity contribution in [3.05, 3.63) is 66.6 Å². The Kier molecular flexibility index (Phi) is 3.55. The molecule has 0 atom stereocenters. The number of anilines is 1. The molecule has 0 unspecified atom stereocenters. The summed E-state index contributed by atoms with van der Waals surface area (Å²) in [6, 6.07) is 15.6. The highest BCUT2D eigenvalue weighted by molar-refractivity contribution is 5.81. The quantitative estimate of drug-likeness (QED) is 0.573. The zero-order valence-corrected chi connectivity index (χ0v) is 10.7. The van der Waals surface area contributed by atoms with E-state index in [-0.39, 0.29) is 0 Å². The van der Waals surface area contributed by atoms with Gasteiger partial charge in [-0.2, -0.15) is 5.10 Å². The first-order valence-corrected chi connectivity index (χ1v) is 6.27. The van der Waals surface area contributed by atoms with Gasteiger partial charge in [-0.1, -0.05) is 18.2 Å². The van der Waals surface area contributed by atoms with E-state index in [4.69, 9.17) is 4.42 Å². The van der Waals surface area contributed by atoms with Crippen LogP contribution in [0.5, 0.6) is 0 Å². The van der Waals surface area contributed by atoms with Gasteiger partial charge in [0.25, 0.3) is 0 Å². The second-order valence-corrected chi connectivity index (χ2v) is 4.15. The number of rotatable bonds is 4. The molecule has 4 nitrogen and oxygen atoms in total. The van der Waals surface area contributed by atoms with Crippen LogP contribution in [0.1, 0.15) is 5.76 Å². The van der Waals surface area contributed by atoms with Crippen molar-refractivity contribution < 1.29 is 4.42 Å². The number of fused-ring (bicyclic) bond motifs is 1. The van der Waals surface area contributed by atoms with Crippen LogP contribution >= 0.6 is 0 Å². The Hall–Kier alpha value is -2.88. The zero-order chi connectivity index (χ0) is 13.6. The van der Waals surface area contributed by atoms with E-state index in [1.165, 1.54) is 0 Å². The van der Waals surface area contributed by atoms with Gasteiger partial charge in [0.1, 0.15) is 11.6 Å². The Morgan fingerprint density at radius 3 is 2.90 bits per heavy atom. The zero-order valence-electron chi connectivity index (χ0n) is 10.7. The standard InChI is InChI=1S/C16H13N3O/c1-2-8-15-13(5-1)9-10-16(18-15)19-17-11-3-6-14-7-4-12-20-14/h1-12H,(H,18,19)/b6-3-,17-11+. The largest absolute Gasteiger partial charge is 0.465 e.